The van der Waals surface area contributed by atoms with Gasteiger partial charge in [-0.3, -0.25) is 0 Å². The van der Waals surface area contributed by atoms with E-state index in [0.717, 1.165) is 22.3 Å². The van der Waals surface area contributed by atoms with Gasteiger partial charge in [0.1, 0.15) is 0 Å². The Morgan fingerprint density at radius 3 is 1.60 bits per heavy atom. The molecule has 20 heavy (non-hydrogen) atoms. The largest absolute Gasteiger partial charge is 0.115 e. The lowest BCUT2D eigenvalue weighted by molar-refractivity contribution is 0.378. The highest BCUT2D eigenvalue weighted by Crippen LogP contribution is 2.33. The van der Waals surface area contributed by atoms with Crippen LogP contribution in [-0.4, -0.2) is 10.5 Å². The van der Waals surface area contributed by atoms with Crippen LogP contribution in [0, 0.1) is 11.8 Å². The molecule has 0 spiro atoms. The maximum absolute atomic E-state index is 5.00. The van der Waals surface area contributed by atoms with Gasteiger partial charge in [-0.05, 0) is 110 Å². The summed E-state index contributed by atoms with van der Waals surface area (Å²) in [6.45, 7) is 4.87. The van der Waals surface area contributed by atoms with E-state index in [4.69, 9.17) is 11.2 Å². The van der Waals surface area contributed by atoms with Gasteiger partial charge in [0, 0.05) is 10.5 Å². The predicted molar refractivity (Wildman–Crippen MR) is 107 cm³/mol. The Morgan fingerprint density at radius 1 is 0.750 bits per heavy atom. The van der Waals surface area contributed by atoms with E-state index in [0.29, 0.717) is 9.45 Å². The van der Waals surface area contributed by atoms with Gasteiger partial charge < -0.3 is 0 Å². The lowest BCUT2D eigenvalue weighted by atomic mass is 9.90. The molecule has 0 unspecified atom stereocenters. The molecule has 6 heteroatoms. The van der Waals surface area contributed by atoms with Crippen LogP contribution < -0.4 is 0 Å². The fourth-order valence-corrected chi connectivity index (χ4v) is 17.5. The van der Waals surface area contributed by atoms with Crippen LogP contribution in [0.15, 0.2) is 0 Å². The average Bonchev–Trinajstić information content (AvgIpc) is 2.46. The van der Waals surface area contributed by atoms with Gasteiger partial charge in [-0.25, -0.2) is 0 Å². The molecule has 0 bridgehead atoms. The van der Waals surface area contributed by atoms with Gasteiger partial charge >= 0.3 is 0 Å². The monoisotopic (exact) mass is 386 g/mol. The first-order chi connectivity index (χ1) is 9.70. The van der Waals surface area contributed by atoms with Crippen molar-refractivity contribution in [2.45, 2.75) is 75.7 Å². The molecule has 2 saturated carbocycles. The Bertz CT molecular complexity index is 450. The second-order valence-corrected chi connectivity index (χ2v) is 16.6. The summed E-state index contributed by atoms with van der Waals surface area (Å²) in [5.41, 5.74) is 0. The van der Waals surface area contributed by atoms with Gasteiger partial charge in [0.2, 0.25) is 0 Å². The predicted octanol–water partition coefficient (Wildman–Crippen LogP) is 4.21. The number of hydrogen-bond donors (Lipinski definition) is 0. The molecular formula is C14H26S6. The summed E-state index contributed by atoms with van der Waals surface area (Å²) in [5, 5.41) is 2.00. The second kappa shape index (κ2) is 9.56. The van der Waals surface area contributed by atoms with Crippen LogP contribution in [0.25, 0.3) is 0 Å². The molecule has 2 aliphatic carbocycles. The maximum atomic E-state index is 5.00. The molecule has 2 rings (SSSR count). The minimum absolute atomic E-state index is 0.570. The summed E-state index contributed by atoms with van der Waals surface area (Å²) in [6, 6.07) is 0. The topological polar surface area (TPSA) is 0 Å². The van der Waals surface area contributed by atoms with E-state index < -0.39 is 0 Å². The summed E-state index contributed by atoms with van der Waals surface area (Å²) in [6.07, 6.45) is 11.8. The van der Waals surface area contributed by atoms with E-state index >= 15 is 0 Å². The van der Waals surface area contributed by atoms with E-state index in [1.807, 2.05) is 8.88 Å². The average molecular weight is 387 g/mol. The molecule has 0 nitrogen and oxygen atoms in total. The van der Waals surface area contributed by atoms with Crippen molar-refractivity contribution in [1.82, 2.24) is 0 Å². The SMILES string of the molecule is CC1CCC(S(=S=S=S=S=S)C2CCC(C)CC2)CC1. The van der Waals surface area contributed by atoms with Crippen molar-refractivity contribution in [3.63, 3.8) is 0 Å². The quantitative estimate of drug-likeness (QED) is 0.685. The first-order valence-electron chi connectivity index (χ1n) is 7.73. The molecule has 0 N–H and O–H groups in total. The highest BCUT2D eigenvalue weighted by Gasteiger charge is 2.28. The molecule has 0 heterocycles. The van der Waals surface area contributed by atoms with Gasteiger partial charge in [-0.2, -0.15) is 0 Å². The molecule has 0 atom stereocenters. The molecule has 2 aliphatic rings. The van der Waals surface area contributed by atoms with Gasteiger partial charge in [-0.1, -0.05) is 13.8 Å². The van der Waals surface area contributed by atoms with Crippen molar-refractivity contribution < 1.29 is 0 Å². The lowest BCUT2D eigenvalue weighted by Crippen LogP contribution is -2.31. The van der Waals surface area contributed by atoms with E-state index in [9.17, 15) is 0 Å². The van der Waals surface area contributed by atoms with Gasteiger partial charge in [0.05, 0.1) is 0 Å². The summed E-state index contributed by atoms with van der Waals surface area (Å²) < 4.78 is 0. The highest BCUT2D eigenvalue weighted by molar-refractivity contribution is 8.67. The van der Waals surface area contributed by atoms with E-state index in [1.54, 1.807) is 8.88 Å². The Morgan fingerprint density at radius 2 is 1.20 bits per heavy atom. The minimum atomic E-state index is 0.570. The molecule has 118 valence electrons. The molecule has 0 saturated heterocycles. The first kappa shape index (κ1) is 17.8. The van der Waals surface area contributed by atoms with Crippen molar-refractivity contribution in [3.8, 4) is 0 Å². The van der Waals surface area contributed by atoms with Gasteiger partial charge in [0.15, 0.2) is 0 Å². The normalized spacial score (nSPS) is 35.9. The molecule has 0 radical (unpaired) electrons. The molecule has 0 aromatic carbocycles. The highest BCUT2D eigenvalue weighted by atomic mass is 33.3. The van der Waals surface area contributed by atoms with Crippen LogP contribution in [-0.2, 0) is 56.2 Å². The number of rotatable bonds is 2. The van der Waals surface area contributed by atoms with Gasteiger partial charge in [-0.15, -0.1) is 9.45 Å². The van der Waals surface area contributed by atoms with E-state index in [1.165, 1.54) is 60.2 Å². The molecule has 2 fully saturated rings. The van der Waals surface area contributed by atoms with E-state index in [2.05, 4.69) is 22.7 Å². The van der Waals surface area contributed by atoms with Crippen molar-refractivity contribution in [3.05, 3.63) is 0 Å². The molecule has 0 amide bonds. The fraction of sp³-hybridized carbons (Fsp3) is 1.00. The zero-order valence-electron chi connectivity index (χ0n) is 12.4. The third-order valence-electron chi connectivity index (χ3n) is 4.74. The fourth-order valence-electron chi connectivity index (χ4n) is 3.36. The van der Waals surface area contributed by atoms with Gasteiger partial charge in [0.25, 0.3) is 0 Å². The standard InChI is InChI=1S/C14H26S6/c1-11-3-7-13(8-4-11)20(19-18-17-16-15)14-9-5-12(2)6-10-14/h11-14H,3-10H2,1-2H3. The van der Waals surface area contributed by atoms with Crippen LogP contribution in [0.3, 0.4) is 0 Å². The van der Waals surface area contributed by atoms with Crippen LogP contribution in [0.2, 0.25) is 0 Å². The molecule has 0 aliphatic heterocycles. The second-order valence-electron chi connectivity index (χ2n) is 6.36. The summed E-state index contributed by atoms with van der Waals surface area (Å²) in [7, 11) is 7.97. The third kappa shape index (κ3) is 5.58. The zero-order chi connectivity index (χ0) is 14.4. The summed E-state index contributed by atoms with van der Waals surface area (Å²) in [4.78, 5) is 0. The third-order valence-corrected chi connectivity index (χ3v) is 17.3. The molecule has 0 aromatic rings. The summed E-state index contributed by atoms with van der Waals surface area (Å²) in [5.74, 6) is 1.94. The molecular weight excluding hydrogens is 361 g/mol. The number of hydrogen-bond acceptors (Lipinski definition) is 1. The first-order valence-corrected chi connectivity index (χ1v) is 15.3. The van der Waals surface area contributed by atoms with Crippen LogP contribution in [0.4, 0.5) is 0 Å². The maximum Gasteiger partial charge on any atom is 0.00965 e. The van der Waals surface area contributed by atoms with Crippen molar-refractivity contribution in [2.24, 2.45) is 11.8 Å². The van der Waals surface area contributed by atoms with Crippen LogP contribution >= 0.6 is 0 Å². The Hall–Kier alpha value is 1.45. The van der Waals surface area contributed by atoms with Crippen molar-refractivity contribution in [1.29, 1.82) is 0 Å². The van der Waals surface area contributed by atoms with Crippen molar-refractivity contribution >= 4 is 56.2 Å². The Labute approximate surface area is 142 Å². The minimum Gasteiger partial charge on any atom is -0.115 e. The zero-order valence-corrected chi connectivity index (χ0v) is 17.3. The smallest absolute Gasteiger partial charge is 0.00965 e. The summed E-state index contributed by atoms with van der Waals surface area (Å²) >= 11 is 5.00. The van der Waals surface area contributed by atoms with E-state index in [-0.39, 0.29) is 0 Å². The Balaban J connectivity index is 2.19. The van der Waals surface area contributed by atoms with Crippen molar-refractivity contribution in [2.75, 3.05) is 0 Å². The van der Waals surface area contributed by atoms with Crippen LogP contribution in [0.1, 0.15) is 65.2 Å². The lowest BCUT2D eigenvalue weighted by Gasteiger charge is -2.34. The molecule has 0 aromatic heterocycles. The Kier molecular flexibility index (Phi) is 8.51. The van der Waals surface area contributed by atoms with Crippen LogP contribution in [0.5, 0.6) is 0 Å².